The zero-order chi connectivity index (χ0) is 17.8. The lowest BCUT2D eigenvalue weighted by Crippen LogP contribution is -2.37. The summed E-state index contributed by atoms with van der Waals surface area (Å²) in [6, 6.07) is 4.27. The van der Waals surface area contributed by atoms with Gasteiger partial charge in [-0.05, 0) is 51.1 Å². The van der Waals surface area contributed by atoms with Gasteiger partial charge >= 0.3 is 6.03 Å². The van der Waals surface area contributed by atoms with Gasteiger partial charge < -0.3 is 9.80 Å². The summed E-state index contributed by atoms with van der Waals surface area (Å²) in [6.45, 7) is 1.56. The van der Waals surface area contributed by atoms with E-state index in [9.17, 15) is 4.79 Å². The number of amides is 2. The zero-order valence-corrected chi connectivity index (χ0v) is 15.1. The van der Waals surface area contributed by atoms with E-state index in [2.05, 4.69) is 34.4 Å². The molecule has 0 radical (unpaired) electrons. The largest absolute Gasteiger partial charge is 0.324 e. The van der Waals surface area contributed by atoms with Crippen molar-refractivity contribution in [2.45, 2.75) is 25.3 Å². The van der Waals surface area contributed by atoms with Gasteiger partial charge in [-0.25, -0.2) is 9.78 Å². The minimum absolute atomic E-state index is 0.0738. The van der Waals surface area contributed by atoms with Crippen LogP contribution >= 0.6 is 0 Å². The SMILES string of the molecule is CN(C)C1CCCN(C(=O)Nc2cc(-c3cnn(C)c3)ccn2)CC1. The molecule has 1 unspecified atom stereocenters. The molecule has 0 saturated carbocycles. The molecular formula is C18H26N6O. The number of urea groups is 1. The van der Waals surface area contributed by atoms with Crippen LogP contribution in [0.5, 0.6) is 0 Å². The van der Waals surface area contributed by atoms with Crippen molar-refractivity contribution in [1.29, 1.82) is 0 Å². The van der Waals surface area contributed by atoms with Crippen molar-refractivity contribution in [3.8, 4) is 11.1 Å². The number of carbonyl (C=O) groups is 1. The molecule has 1 saturated heterocycles. The molecule has 134 valence electrons. The molecule has 1 aliphatic rings. The third-order valence-corrected chi connectivity index (χ3v) is 4.75. The summed E-state index contributed by atoms with van der Waals surface area (Å²) < 4.78 is 1.76. The highest BCUT2D eigenvalue weighted by Gasteiger charge is 2.22. The normalized spacial score (nSPS) is 18.2. The molecule has 0 spiro atoms. The summed E-state index contributed by atoms with van der Waals surface area (Å²) in [7, 11) is 6.09. The maximum Gasteiger partial charge on any atom is 0.323 e. The van der Waals surface area contributed by atoms with E-state index >= 15 is 0 Å². The molecule has 3 rings (SSSR count). The minimum atomic E-state index is -0.0738. The molecule has 7 nitrogen and oxygen atoms in total. The maximum atomic E-state index is 12.6. The van der Waals surface area contributed by atoms with Crippen molar-refractivity contribution in [2.24, 2.45) is 7.05 Å². The van der Waals surface area contributed by atoms with E-state index < -0.39 is 0 Å². The van der Waals surface area contributed by atoms with Crippen LogP contribution in [-0.4, -0.2) is 63.8 Å². The Morgan fingerprint density at radius 3 is 2.84 bits per heavy atom. The van der Waals surface area contributed by atoms with Gasteiger partial charge in [-0.3, -0.25) is 10.00 Å². The van der Waals surface area contributed by atoms with Gasteiger partial charge in [0.25, 0.3) is 0 Å². The Labute approximate surface area is 148 Å². The summed E-state index contributed by atoms with van der Waals surface area (Å²) in [5.41, 5.74) is 1.99. The van der Waals surface area contributed by atoms with E-state index in [0.717, 1.165) is 43.5 Å². The van der Waals surface area contributed by atoms with Crippen LogP contribution in [0.25, 0.3) is 11.1 Å². The van der Waals surface area contributed by atoms with Crippen molar-refractivity contribution in [3.63, 3.8) is 0 Å². The van der Waals surface area contributed by atoms with Gasteiger partial charge in [0, 0.05) is 44.1 Å². The standard InChI is InChI=1S/C18H26N6O/c1-22(2)16-5-4-9-24(10-7-16)18(25)21-17-11-14(6-8-19-17)15-12-20-23(3)13-15/h6,8,11-13,16H,4-5,7,9-10H2,1-3H3,(H,19,21,25). The number of hydrogen-bond donors (Lipinski definition) is 1. The molecule has 3 heterocycles. The molecule has 0 bridgehead atoms. The fraction of sp³-hybridized carbons (Fsp3) is 0.500. The van der Waals surface area contributed by atoms with Gasteiger partial charge in [-0.15, -0.1) is 0 Å². The second-order valence-electron chi connectivity index (χ2n) is 6.80. The lowest BCUT2D eigenvalue weighted by molar-refractivity contribution is 0.210. The lowest BCUT2D eigenvalue weighted by Gasteiger charge is -2.23. The van der Waals surface area contributed by atoms with Crippen LogP contribution < -0.4 is 5.32 Å². The van der Waals surface area contributed by atoms with Gasteiger partial charge in [0.05, 0.1) is 6.20 Å². The third kappa shape index (κ3) is 4.36. The number of hydrogen-bond acceptors (Lipinski definition) is 4. The number of nitrogens with zero attached hydrogens (tertiary/aromatic N) is 5. The van der Waals surface area contributed by atoms with E-state index in [1.807, 2.05) is 30.3 Å². The zero-order valence-electron chi connectivity index (χ0n) is 15.1. The molecule has 1 aliphatic heterocycles. The first kappa shape index (κ1) is 17.4. The van der Waals surface area contributed by atoms with Crippen molar-refractivity contribution >= 4 is 11.8 Å². The van der Waals surface area contributed by atoms with E-state index in [1.165, 1.54) is 0 Å². The van der Waals surface area contributed by atoms with Gasteiger partial charge in [0.2, 0.25) is 0 Å². The second kappa shape index (κ2) is 7.65. The monoisotopic (exact) mass is 342 g/mol. The highest BCUT2D eigenvalue weighted by atomic mass is 16.2. The summed E-state index contributed by atoms with van der Waals surface area (Å²) >= 11 is 0. The summed E-state index contributed by atoms with van der Waals surface area (Å²) in [5, 5.41) is 7.12. The van der Waals surface area contributed by atoms with Crippen LogP contribution in [0.1, 0.15) is 19.3 Å². The van der Waals surface area contributed by atoms with E-state index in [-0.39, 0.29) is 6.03 Å². The molecule has 2 amide bonds. The fourth-order valence-electron chi connectivity index (χ4n) is 3.24. The molecule has 1 atom stereocenters. The number of rotatable bonds is 3. The van der Waals surface area contributed by atoms with Gasteiger partial charge in [0.15, 0.2) is 0 Å². The van der Waals surface area contributed by atoms with E-state index in [1.54, 1.807) is 17.1 Å². The maximum absolute atomic E-state index is 12.6. The fourth-order valence-corrected chi connectivity index (χ4v) is 3.24. The minimum Gasteiger partial charge on any atom is -0.324 e. The molecule has 25 heavy (non-hydrogen) atoms. The van der Waals surface area contributed by atoms with Crippen molar-refractivity contribution in [3.05, 3.63) is 30.7 Å². The third-order valence-electron chi connectivity index (χ3n) is 4.75. The molecule has 1 N–H and O–H groups in total. The number of nitrogens with one attached hydrogen (secondary N) is 1. The quantitative estimate of drug-likeness (QED) is 0.930. The Morgan fingerprint density at radius 2 is 2.12 bits per heavy atom. The Kier molecular flexibility index (Phi) is 5.33. The summed E-state index contributed by atoms with van der Waals surface area (Å²) in [5.74, 6) is 0.569. The van der Waals surface area contributed by atoms with Crippen LogP contribution in [0.15, 0.2) is 30.7 Å². The number of aryl methyl sites for hydroxylation is 1. The molecule has 1 fully saturated rings. The number of pyridine rings is 1. The molecule has 2 aromatic heterocycles. The molecule has 2 aromatic rings. The topological polar surface area (TPSA) is 66.3 Å². The van der Waals surface area contributed by atoms with Gasteiger partial charge in [0.1, 0.15) is 5.82 Å². The first-order valence-electron chi connectivity index (χ1n) is 8.70. The average Bonchev–Trinajstić information content (AvgIpc) is 2.87. The second-order valence-corrected chi connectivity index (χ2v) is 6.80. The van der Waals surface area contributed by atoms with Crippen LogP contribution in [0.2, 0.25) is 0 Å². The predicted molar refractivity (Wildman–Crippen MR) is 98.4 cm³/mol. The van der Waals surface area contributed by atoms with Crippen molar-refractivity contribution in [2.75, 3.05) is 32.5 Å². The average molecular weight is 342 g/mol. The van der Waals surface area contributed by atoms with E-state index in [0.29, 0.717) is 11.9 Å². The van der Waals surface area contributed by atoms with Crippen LogP contribution in [0.4, 0.5) is 10.6 Å². The summed E-state index contributed by atoms with van der Waals surface area (Å²) in [4.78, 5) is 21.0. The van der Waals surface area contributed by atoms with Gasteiger partial charge in [-0.1, -0.05) is 0 Å². The number of carbonyl (C=O) groups excluding carboxylic acids is 1. The van der Waals surface area contributed by atoms with Crippen LogP contribution in [0, 0.1) is 0 Å². The number of aromatic nitrogens is 3. The number of likely N-dealkylation sites (tertiary alicyclic amines) is 1. The Balaban J connectivity index is 1.65. The smallest absolute Gasteiger partial charge is 0.323 e. The molecule has 0 aliphatic carbocycles. The summed E-state index contributed by atoms with van der Waals surface area (Å²) in [6.07, 6.45) is 8.62. The molecule has 7 heteroatoms. The number of anilines is 1. The molecular weight excluding hydrogens is 316 g/mol. The van der Waals surface area contributed by atoms with Crippen molar-refractivity contribution in [1.82, 2.24) is 24.6 Å². The van der Waals surface area contributed by atoms with E-state index in [4.69, 9.17) is 0 Å². The van der Waals surface area contributed by atoms with Crippen LogP contribution in [-0.2, 0) is 7.05 Å². The highest BCUT2D eigenvalue weighted by Crippen LogP contribution is 2.21. The van der Waals surface area contributed by atoms with Crippen molar-refractivity contribution < 1.29 is 4.79 Å². The molecule has 0 aromatic carbocycles. The Hall–Kier alpha value is -2.41. The predicted octanol–water partition coefficient (Wildman–Crippen LogP) is 2.43. The lowest BCUT2D eigenvalue weighted by atomic mass is 10.1. The first-order valence-corrected chi connectivity index (χ1v) is 8.70. The highest BCUT2D eigenvalue weighted by molar-refractivity contribution is 5.89. The first-order chi connectivity index (χ1) is 12.0. The Bertz CT molecular complexity index is 726. The van der Waals surface area contributed by atoms with Gasteiger partial charge in [-0.2, -0.15) is 5.10 Å². The Morgan fingerprint density at radius 1 is 1.28 bits per heavy atom. The van der Waals surface area contributed by atoms with Crippen LogP contribution in [0.3, 0.4) is 0 Å².